The van der Waals surface area contributed by atoms with Crippen molar-refractivity contribution in [3.63, 3.8) is 0 Å². The normalized spacial score (nSPS) is 11.9. The molecular formula is C12H17NS. The average molecular weight is 207 g/mol. The largest absolute Gasteiger partial charge is 0.281 e. The summed E-state index contributed by atoms with van der Waals surface area (Å²) in [7, 11) is 1.85. The molecule has 1 aromatic carbocycles. The molecule has 0 amide bonds. The second kappa shape index (κ2) is 4.65. The van der Waals surface area contributed by atoms with Gasteiger partial charge in [-0.05, 0) is 43.7 Å². The summed E-state index contributed by atoms with van der Waals surface area (Å²) in [6.07, 6.45) is 2.07. The van der Waals surface area contributed by atoms with E-state index < -0.39 is 0 Å². The van der Waals surface area contributed by atoms with E-state index in [9.17, 15) is 0 Å². The third kappa shape index (κ3) is 2.01. The molecule has 14 heavy (non-hydrogen) atoms. The van der Waals surface area contributed by atoms with Crippen LogP contribution in [0.3, 0.4) is 0 Å². The van der Waals surface area contributed by atoms with E-state index in [1.807, 2.05) is 7.05 Å². The highest BCUT2D eigenvalue weighted by Gasteiger charge is 2.07. The van der Waals surface area contributed by atoms with Crippen molar-refractivity contribution in [3.05, 3.63) is 34.4 Å². The molecule has 0 aromatic heterocycles. The van der Waals surface area contributed by atoms with Crippen LogP contribution in [0.1, 0.15) is 22.3 Å². The molecule has 2 heteroatoms. The first-order valence-corrected chi connectivity index (χ1v) is 5.92. The summed E-state index contributed by atoms with van der Waals surface area (Å²) in [6.45, 7) is 6.48. The maximum Gasteiger partial charge on any atom is 0.0973 e. The predicted octanol–water partition coefficient (Wildman–Crippen LogP) is 3.35. The molecule has 76 valence electrons. The lowest BCUT2D eigenvalue weighted by atomic mass is 9.99. The number of aliphatic imine (C=N–C) groups is 1. The Morgan fingerprint density at radius 3 is 2.29 bits per heavy atom. The molecular weight excluding hydrogens is 190 g/mol. The molecule has 0 atom stereocenters. The lowest BCUT2D eigenvalue weighted by molar-refractivity contribution is 1.25. The summed E-state index contributed by atoms with van der Waals surface area (Å²) in [5.74, 6) is 0. The van der Waals surface area contributed by atoms with Crippen LogP contribution in [-0.4, -0.2) is 18.3 Å². The Kier molecular flexibility index (Phi) is 3.76. The minimum absolute atomic E-state index is 1.12. The van der Waals surface area contributed by atoms with Gasteiger partial charge in [-0.15, -0.1) is 11.8 Å². The standard InChI is InChI=1S/C12H17NS/c1-8-6-7-11(10(3)9(8)2)12(13-4)14-5/h6-7H,1-5H3. The summed E-state index contributed by atoms with van der Waals surface area (Å²) in [5.41, 5.74) is 5.34. The lowest BCUT2D eigenvalue weighted by Gasteiger charge is -2.11. The van der Waals surface area contributed by atoms with Gasteiger partial charge in [0.25, 0.3) is 0 Å². The minimum Gasteiger partial charge on any atom is -0.281 e. The number of rotatable bonds is 1. The highest BCUT2D eigenvalue weighted by molar-refractivity contribution is 8.13. The van der Waals surface area contributed by atoms with Crippen LogP contribution in [0.15, 0.2) is 17.1 Å². The van der Waals surface area contributed by atoms with E-state index in [1.54, 1.807) is 11.8 Å². The smallest absolute Gasteiger partial charge is 0.0973 e. The van der Waals surface area contributed by atoms with Gasteiger partial charge >= 0.3 is 0 Å². The summed E-state index contributed by atoms with van der Waals surface area (Å²) in [4.78, 5) is 4.29. The van der Waals surface area contributed by atoms with Gasteiger partial charge < -0.3 is 0 Å². The fourth-order valence-electron chi connectivity index (χ4n) is 1.51. The van der Waals surface area contributed by atoms with Crippen LogP contribution in [0.4, 0.5) is 0 Å². The van der Waals surface area contributed by atoms with E-state index in [0.717, 1.165) is 5.04 Å². The summed E-state index contributed by atoms with van der Waals surface area (Å²) >= 11 is 1.70. The molecule has 0 aliphatic carbocycles. The van der Waals surface area contributed by atoms with Crippen LogP contribution in [0.2, 0.25) is 0 Å². The Morgan fingerprint density at radius 2 is 1.79 bits per heavy atom. The molecule has 0 aliphatic rings. The van der Waals surface area contributed by atoms with Gasteiger partial charge in [-0.25, -0.2) is 0 Å². The Labute approximate surface area is 90.6 Å². The highest BCUT2D eigenvalue weighted by Crippen LogP contribution is 2.21. The number of hydrogen-bond donors (Lipinski definition) is 0. The second-order valence-electron chi connectivity index (χ2n) is 3.41. The first-order chi connectivity index (χ1) is 6.61. The number of hydrogen-bond acceptors (Lipinski definition) is 2. The molecule has 0 unspecified atom stereocenters. The summed E-state index contributed by atoms with van der Waals surface area (Å²) in [5, 5.41) is 1.12. The van der Waals surface area contributed by atoms with Gasteiger partial charge in [0.15, 0.2) is 0 Å². The van der Waals surface area contributed by atoms with E-state index >= 15 is 0 Å². The fraction of sp³-hybridized carbons (Fsp3) is 0.417. The summed E-state index contributed by atoms with van der Waals surface area (Å²) in [6, 6.07) is 4.33. The van der Waals surface area contributed by atoms with Crippen molar-refractivity contribution in [1.82, 2.24) is 0 Å². The van der Waals surface area contributed by atoms with E-state index in [1.165, 1.54) is 22.3 Å². The van der Waals surface area contributed by atoms with Gasteiger partial charge in [0.1, 0.15) is 0 Å². The minimum atomic E-state index is 1.12. The average Bonchev–Trinajstić information content (AvgIpc) is 2.19. The van der Waals surface area contributed by atoms with Crippen LogP contribution in [0.5, 0.6) is 0 Å². The lowest BCUT2D eigenvalue weighted by Crippen LogP contribution is -2.01. The van der Waals surface area contributed by atoms with Crippen molar-refractivity contribution in [3.8, 4) is 0 Å². The van der Waals surface area contributed by atoms with Crippen molar-refractivity contribution in [2.24, 2.45) is 4.99 Å². The van der Waals surface area contributed by atoms with Crippen molar-refractivity contribution in [1.29, 1.82) is 0 Å². The van der Waals surface area contributed by atoms with Crippen molar-refractivity contribution in [2.45, 2.75) is 20.8 Å². The molecule has 1 aromatic rings. The third-order valence-corrected chi connectivity index (χ3v) is 3.47. The molecule has 0 fully saturated rings. The van der Waals surface area contributed by atoms with Crippen LogP contribution >= 0.6 is 11.8 Å². The highest BCUT2D eigenvalue weighted by atomic mass is 32.2. The SMILES string of the molecule is CN=C(SC)c1ccc(C)c(C)c1C. The van der Waals surface area contributed by atoms with Gasteiger partial charge in [0, 0.05) is 12.6 Å². The van der Waals surface area contributed by atoms with Crippen LogP contribution in [0, 0.1) is 20.8 Å². The Hall–Kier alpha value is -0.760. The molecule has 1 nitrogen and oxygen atoms in total. The van der Waals surface area contributed by atoms with Crippen LogP contribution in [-0.2, 0) is 0 Å². The first kappa shape index (κ1) is 11.3. The van der Waals surface area contributed by atoms with Crippen molar-refractivity contribution in [2.75, 3.05) is 13.3 Å². The maximum absolute atomic E-state index is 4.29. The predicted molar refractivity (Wildman–Crippen MR) is 66.6 cm³/mol. The molecule has 0 heterocycles. The molecule has 0 saturated carbocycles. The third-order valence-electron chi connectivity index (χ3n) is 2.68. The molecule has 1 rings (SSSR count). The number of aryl methyl sites for hydroxylation is 1. The van der Waals surface area contributed by atoms with Gasteiger partial charge in [0.2, 0.25) is 0 Å². The number of nitrogens with zero attached hydrogens (tertiary/aromatic N) is 1. The maximum atomic E-state index is 4.29. The zero-order valence-corrected chi connectivity index (χ0v) is 10.3. The quantitative estimate of drug-likeness (QED) is 0.508. The Morgan fingerprint density at radius 1 is 1.14 bits per heavy atom. The molecule has 0 bridgehead atoms. The topological polar surface area (TPSA) is 12.4 Å². The van der Waals surface area contributed by atoms with Crippen molar-refractivity contribution < 1.29 is 0 Å². The molecule has 0 saturated heterocycles. The number of benzene rings is 1. The monoisotopic (exact) mass is 207 g/mol. The Balaban J connectivity index is 3.30. The van der Waals surface area contributed by atoms with Gasteiger partial charge in [-0.2, -0.15) is 0 Å². The van der Waals surface area contributed by atoms with E-state index in [-0.39, 0.29) is 0 Å². The van der Waals surface area contributed by atoms with E-state index in [0.29, 0.717) is 0 Å². The van der Waals surface area contributed by atoms with Crippen LogP contribution in [0.25, 0.3) is 0 Å². The van der Waals surface area contributed by atoms with Crippen LogP contribution < -0.4 is 0 Å². The molecule has 0 aliphatic heterocycles. The second-order valence-corrected chi connectivity index (χ2v) is 4.21. The Bertz CT molecular complexity index is 367. The molecule has 0 N–H and O–H groups in total. The zero-order chi connectivity index (χ0) is 10.7. The van der Waals surface area contributed by atoms with Gasteiger partial charge in [-0.3, -0.25) is 4.99 Å². The van der Waals surface area contributed by atoms with Crippen molar-refractivity contribution >= 4 is 16.8 Å². The van der Waals surface area contributed by atoms with Gasteiger partial charge in [-0.1, -0.05) is 12.1 Å². The fourth-order valence-corrected chi connectivity index (χ4v) is 2.13. The first-order valence-electron chi connectivity index (χ1n) is 4.69. The van der Waals surface area contributed by atoms with Gasteiger partial charge in [0.05, 0.1) is 5.04 Å². The van der Waals surface area contributed by atoms with E-state index in [2.05, 4.69) is 44.2 Å². The van der Waals surface area contributed by atoms with E-state index in [4.69, 9.17) is 0 Å². The zero-order valence-electron chi connectivity index (χ0n) is 9.51. The molecule has 0 spiro atoms. The number of thioether (sulfide) groups is 1. The molecule has 0 radical (unpaired) electrons. The summed E-state index contributed by atoms with van der Waals surface area (Å²) < 4.78 is 0.